The Labute approximate surface area is 139 Å². The minimum absolute atomic E-state index is 0.122. The Morgan fingerprint density at radius 2 is 1.88 bits per heavy atom. The molecule has 0 saturated heterocycles. The molecule has 0 saturated carbocycles. The molecule has 2 aromatic heterocycles. The summed E-state index contributed by atoms with van der Waals surface area (Å²) in [5.74, 6) is 1.18. The van der Waals surface area contributed by atoms with Gasteiger partial charge in [-0.25, -0.2) is 4.68 Å². The topological polar surface area (TPSA) is 84.8 Å². The highest BCUT2D eigenvalue weighted by Crippen LogP contribution is 2.20. The van der Waals surface area contributed by atoms with Crippen LogP contribution < -0.4 is 15.6 Å². The molecule has 24 heavy (non-hydrogen) atoms. The van der Waals surface area contributed by atoms with Crippen molar-refractivity contribution in [1.29, 1.82) is 0 Å². The maximum absolute atomic E-state index is 12.2. The second-order valence-electron chi connectivity index (χ2n) is 6.15. The molecule has 0 unspecified atom stereocenters. The number of rotatable bonds is 5. The first-order valence-corrected chi connectivity index (χ1v) is 7.95. The Morgan fingerprint density at radius 3 is 2.50 bits per heavy atom. The fraction of sp³-hybridized carbons (Fsp3) is 0.353. The highest BCUT2D eigenvalue weighted by atomic mass is 16.5. The lowest BCUT2D eigenvalue weighted by atomic mass is 10.3. The highest BCUT2D eigenvalue weighted by Gasteiger charge is 2.12. The largest absolute Gasteiger partial charge is 0.491 e. The summed E-state index contributed by atoms with van der Waals surface area (Å²) in [5.41, 5.74) is 1.16. The molecule has 0 atom stereocenters. The van der Waals surface area contributed by atoms with E-state index in [-0.39, 0.29) is 17.7 Å². The Morgan fingerprint density at radius 1 is 1.17 bits per heavy atom. The zero-order valence-electron chi connectivity index (χ0n) is 14.2. The van der Waals surface area contributed by atoms with Crippen molar-refractivity contribution in [1.82, 2.24) is 19.7 Å². The molecule has 0 aliphatic carbocycles. The van der Waals surface area contributed by atoms with Gasteiger partial charge in [0.25, 0.3) is 5.56 Å². The van der Waals surface area contributed by atoms with Gasteiger partial charge in [0, 0.05) is 11.7 Å². The smallest absolute Gasteiger partial charge is 0.263 e. The Hall–Kier alpha value is -2.83. The van der Waals surface area contributed by atoms with E-state index in [2.05, 4.69) is 20.4 Å². The molecule has 0 aliphatic heterocycles. The number of anilines is 2. The van der Waals surface area contributed by atoms with Crippen LogP contribution in [0.15, 0.2) is 35.3 Å². The molecule has 7 heteroatoms. The Bertz CT molecular complexity index is 893. The normalized spacial score (nSPS) is 11.4. The number of fused-ring (bicyclic) bond motifs is 1. The fourth-order valence-electron chi connectivity index (χ4n) is 2.40. The molecule has 0 radical (unpaired) electrons. The van der Waals surface area contributed by atoms with Crippen LogP contribution >= 0.6 is 0 Å². The second-order valence-corrected chi connectivity index (χ2v) is 6.15. The van der Waals surface area contributed by atoms with Crippen LogP contribution in [-0.4, -0.2) is 25.9 Å². The first kappa shape index (κ1) is 16.0. The van der Waals surface area contributed by atoms with E-state index in [9.17, 15) is 4.79 Å². The van der Waals surface area contributed by atoms with Crippen LogP contribution in [0.5, 0.6) is 5.75 Å². The van der Waals surface area contributed by atoms with E-state index in [0.29, 0.717) is 17.0 Å². The lowest BCUT2D eigenvalue weighted by Crippen LogP contribution is -2.12. The van der Waals surface area contributed by atoms with E-state index in [4.69, 9.17) is 4.74 Å². The van der Waals surface area contributed by atoms with Crippen molar-refractivity contribution in [2.75, 3.05) is 5.32 Å². The molecule has 7 nitrogen and oxygen atoms in total. The van der Waals surface area contributed by atoms with Gasteiger partial charge in [0.15, 0.2) is 5.65 Å². The highest BCUT2D eigenvalue weighted by molar-refractivity contribution is 5.75. The van der Waals surface area contributed by atoms with Gasteiger partial charge in [-0.1, -0.05) is 0 Å². The summed E-state index contributed by atoms with van der Waals surface area (Å²) in [6, 6.07) is 7.62. The molecule has 0 spiro atoms. The zero-order valence-corrected chi connectivity index (χ0v) is 14.2. The van der Waals surface area contributed by atoms with Gasteiger partial charge < -0.3 is 10.1 Å². The standard InChI is InChI=1S/C17H21N5O2/c1-10(2)22-15-14(9-18-22)16(23)21-17(20-15)19-12-5-7-13(8-6-12)24-11(3)4/h5-11H,1-4H3,(H2,19,20,21,23). The summed E-state index contributed by atoms with van der Waals surface area (Å²) in [6.07, 6.45) is 1.67. The third-order valence-electron chi connectivity index (χ3n) is 3.44. The number of nitrogens with zero attached hydrogens (tertiary/aromatic N) is 3. The second kappa shape index (κ2) is 6.35. The van der Waals surface area contributed by atoms with E-state index in [1.807, 2.05) is 52.0 Å². The van der Waals surface area contributed by atoms with Gasteiger partial charge in [0.2, 0.25) is 5.95 Å². The van der Waals surface area contributed by atoms with Crippen LogP contribution in [0.1, 0.15) is 33.7 Å². The molecule has 0 aliphatic rings. The molecule has 3 rings (SSSR count). The van der Waals surface area contributed by atoms with E-state index in [1.54, 1.807) is 10.9 Å². The number of aromatic amines is 1. The molecule has 3 aromatic rings. The summed E-state index contributed by atoms with van der Waals surface area (Å²) >= 11 is 0. The molecule has 0 bridgehead atoms. The number of benzene rings is 1. The quantitative estimate of drug-likeness (QED) is 0.751. The van der Waals surface area contributed by atoms with Gasteiger partial charge in [-0.15, -0.1) is 0 Å². The van der Waals surface area contributed by atoms with Gasteiger partial charge in [-0.05, 0) is 52.0 Å². The minimum atomic E-state index is -0.214. The lowest BCUT2D eigenvalue weighted by molar-refractivity contribution is 0.242. The zero-order chi connectivity index (χ0) is 17.3. The van der Waals surface area contributed by atoms with Crippen LogP contribution in [0.25, 0.3) is 11.0 Å². The number of hydrogen-bond acceptors (Lipinski definition) is 5. The maximum Gasteiger partial charge on any atom is 0.263 e. The number of hydrogen-bond donors (Lipinski definition) is 2. The van der Waals surface area contributed by atoms with Crippen LogP contribution in [0.4, 0.5) is 11.6 Å². The summed E-state index contributed by atoms with van der Waals surface area (Å²) in [4.78, 5) is 19.4. The molecule has 126 valence electrons. The fourth-order valence-corrected chi connectivity index (χ4v) is 2.40. The summed E-state index contributed by atoms with van der Waals surface area (Å²) < 4.78 is 7.35. The molecule has 0 fully saturated rings. The van der Waals surface area contributed by atoms with Crippen LogP contribution in [-0.2, 0) is 0 Å². The molecule has 2 N–H and O–H groups in total. The van der Waals surface area contributed by atoms with Crippen molar-refractivity contribution in [3.8, 4) is 5.75 Å². The predicted octanol–water partition coefficient (Wildman–Crippen LogP) is 3.23. The van der Waals surface area contributed by atoms with Gasteiger partial charge in [0.05, 0.1) is 12.3 Å². The molecule has 0 amide bonds. The molecular formula is C17H21N5O2. The van der Waals surface area contributed by atoms with Gasteiger partial charge in [-0.3, -0.25) is 9.78 Å². The summed E-state index contributed by atoms with van der Waals surface area (Å²) in [6.45, 7) is 7.95. The van der Waals surface area contributed by atoms with Crippen LogP contribution in [0.2, 0.25) is 0 Å². The summed E-state index contributed by atoms with van der Waals surface area (Å²) in [5, 5.41) is 7.82. The molecule has 2 heterocycles. The number of H-pyrrole nitrogens is 1. The lowest BCUT2D eigenvalue weighted by Gasteiger charge is -2.11. The van der Waals surface area contributed by atoms with E-state index < -0.39 is 0 Å². The Kier molecular flexibility index (Phi) is 4.24. The molecular weight excluding hydrogens is 306 g/mol. The number of ether oxygens (including phenoxy) is 1. The average molecular weight is 327 g/mol. The third-order valence-corrected chi connectivity index (χ3v) is 3.44. The SMILES string of the molecule is CC(C)Oc1ccc(Nc2nc3c(cnn3C(C)C)c(=O)[nH]2)cc1. The first-order valence-electron chi connectivity index (χ1n) is 7.95. The number of nitrogens with one attached hydrogen (secondary N) is 2. The van der Waals surface area contributed by atoms with Crippen molar-refractivity contribution in [3.63, 3.8) is 0 Å². The van der Waals surface area contributed by atoms with E-state index >= 15 is 0 Å². The minimum Gasteiger partial charge on any atom is -0.491 e. The van der Waals surface area contributed by atoms with E-state index in [1.165, 1.54) is 0 Å². The van der Waals surface area contributed by atoms with E-state index in [0.717, 1.165) is 11.4 Å². The van der Waals surface area contributed by atoms with Crippen molar-refractivity contribution >= 4 is 22.7 Å². The van der Waals surface area contributed by atoms with Crippen molar-refractivity contribution in [2.24, 2.45) is 0 Å². The monoisotopic (exact) mass is 327 g/mol. The summed E-state index contributed by atoms with van der Waals surface area (Å²) in [7, 11) is 0. The molecule has 1 aromatic carbocycles. The average Bonchev–Trinajstić information content (AvgIpc) is 2.93. The Balaban J connectivity index is 1.89. The first-order chi connectivity index (χ1) is 11.4. The maximum atomic E-state index is 12.2. The van der Waals surface area contributed by atoms with Crippen molar-refractivity contribution in [2.45, 2.75) is 39.8 Å². The van der Waals surface area contributed by atoms with Crippen molar-refractivity contribution in [3.05, 3.63) is 40.8 Å². The van der Waals surface area contributed by atoms with Gasteiger partial charge >= 0.3 is 0 Å². The van der Waals surface area contributed by atoms with Crippen LogP contribution in [0.3, 0.4) is 0 Å². The number of aromatic nitrogens is 4. The van der Waals surface area contributed by atoms with Crippen molar-refractivity contribution < 1.29 is 4.74 Å². The van der Waals surface area contributed by atoms with Crippen LogP contribution in [0, 0.1) is 0 Å². The predicted molar refractivity (Wildman–Crippen MR) is 94.0 cm³/mol. The van der Waals surface area contributed by atoms with Gasteiger partial charge in [-0.2, -0.15) is 10.1 Å². The third kappa shape index (κ3) is 3.24. The van der Waals surface area contributed by atoms with Gasteiger partial charge in [0.1, 0.15) is 11.1 Å².